The van der Waals surface area contributed by atoms with Gasteiger partial charge in [-0.1, -0.05) is 179 Å². The molecular formula is C54H78O3. The van der Waals surface area contributed by atoms with Gasteiger partial charge in [0.2, 0.25) is 0 Å². The first-order chi connectivity index (χ1) is 25.5. The highest BCUT2D eigenvalue weighted by Gasteiger charge is 2.33. The molecule has 0 aliphatic heterocycles. The first-order valence-corrected chi connectivity index (χ1v) is 21.2. The van der Waals surface area contributed by atoms with Crippen LogP contribution in [0.5, 0.6) is 0 Å². The van der Waals surface area contributed by atoms with Crippen molar-refractivity contribution < 1.29 is 15.3 Å². The van der Waals surface area contributed by atoms with E-state index in [-0.39, 0.29) is 32.5 Å². The van der Waals surface area contributed by atoms with E-state index in [1.54, 1.807) is 0 Å². The Bertz CT molecular complexity index is 1740. The molecule has 57 heavy (non-hydrogen) atoms. The molecule has 3 N–H and O–H groups in total. The maximum atomic E-state index is 12.8. The number of hydrogen-bond donors (Lipinski definition) is 3. The summed E-state index contributed by atoms with van der Waals surface area (Å²) in [5.41, 5.74) is 13.3. The molecule has 0 heterocycles. The average molecular weight is 775 g/mol. The summed E-state index contributed by atoms with van der Waals surface area (Å²) in [5, 5.41) is 38.5. The zero-order valence-corrected chi connectivity index (χ0v) is 39.8. The molecule has 0 aromatic heterocycles. The van der Waals surface area contributed by atoms with E-state index in [1.165, 1.54) is 0 Å². The third-order valence-corrected chi connectivity index (χ3v) is 12.3. The molecule has 0 aliphatic carbocycles. The number of hydrogen-bond acceptors (Lipinski definition) is 3. The molecule has 0 bridgehead atoms. The first kappa shape index (κ1) is 46.4. The molecule has 312 valence electrons. The van der Waals surface area contributed by atoms with Crippen LogP contribution in [0.4, 0.5) is 0 Å². The van der Waals surface area contributed by atoms with Gasteiger partial charge in [0.1, 0.15) is 18.3 Å². The minimum Gasteiger partial charge on any atom is -0.384 e. The van der Waals surface area contributed by atoms with Gasteiger partial charge in [0.25, 0.3) is 0 Å². The van der Waals surface area contributed by atoms with Crippen molar-refractivity contribution in [2.45, 2.75) is 196 Å². The molecule has 0 aliphatic rings. The van der Waals surface area contributed by atoms with Gasteiger partial charge in [-0.05, 0) is 137 Å². The molecule has 3 heteroatoms. The van der Waals surface area contributed by atoms with Gasteiger partial charge in [-0.15, -0.1) is 0 Å². The van der Waals surface area contributed by atoms with Crippen LogP contribution in [0.15, 0.2) is 54.6 Å². The highest BCUT2D eigenvalue weighted by atomic mass is 16.3. The van der Waals surface area contributed by atoms with Crippen molar-refractivity contribution in [3.05, 3.63) is 138 Å². The van der Waals surface area contributed by atoms with Crippen LogP contribution in [0.25, 0.3) is 0 Å². The third-order valence-electron chi connectivity index (χ3n) is 12.3. The van der Waals surface area contributed by atoms with Crippen molar-refractivity contribution in [1.29, 1.82) is 0 Å². The molecule has 0 radical (unpaired) electrons. The van der Waals surface area contributed by atoms with E-state index in [0.29, 0.717) is 0 Å². The fourth-order valence-corrected chi connectivity index (χ4v) is 8.04. The second-order valence-electron chi connectivity index (χ2n) is 23.4. The van der Waals surface area contributed by atoms with Gasteiger partial charge in [-0.3, -0.25) is 0 Å². The molecule has 3 nitrogen and oxygen atoms in total. The standard InChI is InChI=1S/C54H78O3/c1-31-43(46(55)34-22-37(49(4,5)6)28-38(23-34)50(7,8)9)32(2)45(48(57)36-26-41(53(16,17)18)30-42(27-36)54(19,20)21)33(3)44(31)47(56)35-24-39(51(10,11)12)29-40(25-35)52(13,14)15/h22-30,46-48,55-57H,1-21H3. The van der Waals surface area contributed by atoms with E-state index in [0.717, 1.165) is 83.5 Å². The van der Waals surface area contributed by atoms with E-state index < -0.39 is 18.3 Å². The van der Waals surface area contributed by atoms with Crippen LogP contribution in [0.3, 0.4) is 0 Å². The smallest absolute Gasteiger partial charge is 0.105 e. The minimum absolute atomic E-state index is 0.137. The third kappa shape index (κ3) is 9.97. The average Bonchev–Trinajstić information content (AvgIpc) is 3.05. The largest absolute Gasteiger partial charge is 0.384 e. The van der Waals surface area contributed by atoms with E-state index in [4.69, 9.17) is 0 Å². The molecule has 0 fully saturated rings. The molecule has 4 rings (SSSR count). The normalized spacial score (nSPS) is 15.2. The lowest BCUT2D eigenvalue weighted by Gasteiger charge is -2.32. The summed E-state index contributed by atoms with van der Waals surface area (Å²) in [6.45, 7) is 46.0. The van der Waals surface area contributed by atoms with Crippen LogP contribution in [0.1, 0.15) is 226 Å². The predicted octanol–water partition coefficient (Wildman–Crippen LogP) is 13.6. The summed E-state index contributed by atoms with van der Waals surface area (Å²) in [6, 6.07) is 19.7. The Morgan fingerprint density at radius 1 is 0.281 bits per heavy atom. The van der Waals surface area contributed by atoms with Gasteiger partial charge in [0, 0.05) is 0 Å². The van der Waals surface area contributed by atoms with Crippen molar-refractivity contribution in [2.75, 3.05) is 0 Å². The summed E-state index contributed by atoms with van der Waals surface area (Å²) >= 11 is 0. The summed E-state index contributed by atoms with van der Waals surface area (Å²) in [4.78, 5) is 0. The Morgan fingerprint density at radius 3 is 0.544 bits per heavy atom. The maximum Gasteiger partial charge on any atom is 0.105 e. The second kappa shape index (κ2) is 15.4. The van der Waals surface area contributed by atoms with Gasteiger partial charge in [-0.2, -0.15) is 0 Å². The Kier molecular flexibility index (Phi) is 12.6. The van der Waals surface area contributed by atoms with E-state index in [1.807, 2.05) is 20.8 Å². The van der Waals surface area contributed by atoms with Crippen molar-refractivity contribution in [2.24, 2.45) is 0 Å². The van der Waals surface area contributed by atoms with Gasteiger partial charge in [0.15, 0.2) is 0 Å². The van der Waals surface area contributed by atoms with Crippen LogP contribution in [0.2, 0.25) is 0 Å². The maximum absolute atomic E-state index is 12.8. The lowest BCUT2D eigenvalue weighted by atomic mass is 9.75. The molecule has 3 atom stereocenters. The molecule has 4 aromatic rings. The predicted molar refractivity (Wildman–Crippen MR) is 244 cm³/mol. The lowest BCUT2D eigenvalue weighted by Crippen LogP contribution is -2.21. The lowest BCUT2D eigenvalue weighted by molar-refractivity contribution is 0.203. The Balaban J connectivity index is 2.18. The topological polar surface area (TPSA) is 60.7 Å². The van der Waals surface area contributed by atoms with Crippen molar-refractivity contribution in [3.63, 3.8) is 0 Å². The zero-order valence-electron chi connectivity index (χ0n) is 39.8. The fourth-order valence-electron chi connectivity index (χ4n) is 8.04. The van der Waals surface area contributed by atoms with Crippen LogP contribution in [0, 0.1) is 20.8 Å². The molecular weight excluding hydrogens is 697 g/mol. The SMILES string of the molecule is Cc1c(C(O)c2cc(C(C)(C)C)cc(C(C)(C)C)c2)c(C)c(C(O)c2cc(C(C)(C)C)cc(C(C)(C)C)c2)c(C)c1C(O)c1cc(C(C)(C)C)cc(C(C)(C)C)c1. The number of aliphatic hydroxyl groups is 3. The molecule has 0 amide bonds. The van der Waals surface area contributed by atoms with Gasteiger partial charge < -0.3 is 15.3 Å². The van der Waals surface area contributed by atoms with Crippen LogP contribution < -0.4 is 0 Å². The van der Waals surface area contributed by atoms with Crippen LogP contribution in [-0.4, -0.2) is 15.3 Å². The van der Waals surface area contributed by atoms with E-state index in [2.05, 4.69) is 179 Å². The molecule has 0 saturated heterocycles. The fraction of sp³-hybridized carbons (Fsp3) is 0.556. The van der Waals surface area contributed by atoms with E-state index >= 15 is 0 Å². The minimum atomic E-state index is -0.997. The van der Waals surface area contributed by atoms with Gasteiger partial charge in [0.05, 0.1) is 0 Å². The zero-order chi connectivity index (χ0) is 43.8. The number of rotatable bonds is 6. The molecule has 0 spiro atoms. The Morgan fingerprint density at radius 2 is 0.421 bits per heavy atom. The second-order valence-corrected chi connectivity index (χ2v) is 23.4. The monoisotopic (exact) mass is 775 g/mol. The van der Waals surface area contributed by atoms with Crippen LogP contribution in [-0.2, 0) is 32.5 Å². The highest BCUT2D eigenvalue weighted by molar-refractivity contribution is 5.59. The summed E-state index contributed by atoms with van der Waals surface area (Å²) in [7, 11) is 0. The molecule has 0 saturated carbocycles. The molecule has 4 aromatic carbocycles. The van der Waals surface area contributed by atoms with Crippen molar-refractivity contribution >= 4 is 0 Å². The van der Waals surface area contributed by atoms with E-state index in [9.17, 15) is 15.3 Å². The summed E-state index contributed by atoms with van der Waals surface area (Å²) < 4.78 is 0. The van der Waals surface area contributed by atoms with Crippen LogP contribution >= 0.6 is 0 Å². The quantitative estimate of drug-likeness (QED) is 0.183. The van der Waals surface area contributed by atoms with Crippen molar-refractivity contribution in [3.8, 4) is 0 Å². The van der Waals surface area contributed by atoms with Gasteiger partial charge >= 0.3 is 0 Å². The van der Waals surface area contributed by atoms with Gasteiger partial charge in [-0.25, -0.2) is 0 Å². The highest BCUT2D eigenvalue weighted by Crippen LogP contribution is 2.45. The Labute approximate surface area is 348 Å². The van der Waals surface area contributed by atoms with Crippen molar-refractivity contribution in [1.82, 2.24) is 0 Å². The number of benzene rings is 4. The number of aliphatic hydroxyl groups excluding tert-OH is 3. The summed E-state index contributed by atoms with van der Waals surface area (Å²) in [6.07, 6.45) is -2.99. The Hall–Kier alpha value is -3.24. The first-order valence-electron chi connectivity index (χ1n) is 21.2. The summed E-state index contributed by atoms with van der Waals surface area (Å²) in [5.74, 6) is 0. The molecule has 3 unspecified atom stereocenters.